The van der Waals surface area contributed by atoms with Crippen molar-refractivity contribution >= 4 is 29.0 Å². The minimum Gasteiger partial charge on any atom is -0.321 e. The highest BCUT2D eigenvalue weighted by molar-refractivity contribution is 7.10. The number of amides is 1. The molecular formula is C16H13NOS. The Hall–Kier alpha value is -2.13. The van der Waals surface area contributed by atoms with Gasteiger partial charge in [0, 0.05) is 16.1 Å². The molecule has 1 aliphatic rings. The summed E-state index contributed by atoms with van der Waals surface area (Å²) >= 11 is 1.63. The predicted molar refractivity (Wildman–Crippen MR) is 79.6 cm³/mol. The fraction of sp³-hybridized carbons (Fsp3) is 0.0625. The van der Waals surface area contributed by atoms with Crippen LogP contribution in [0.25, 0.3) is 11.8 Å². The average Bonchev–Trinajstić information content (AvgIpc) is 3.02. The van der Waals surface area contributed by atoms with Gasteiger partial charge in [-0.25, -0.2) is 0 Å². The van der Waals surface area contributed by atoms with Crippen molar-refractivity contribution in [3.63, 3.8) is 0 Å². The zero-order chi connectivity index (χ0) is 13.2. The van der Waals surface area contributed by atoms with Crippen LogP contribution < -0.4 is 5.32 Å². The van der Waals surface area contributed by atoms with Crippen molar-refractivity contribution in [3.05, 3.63) is 69.4 Å². The lowest BCUT2D eigenvalue weighted by Gasteiger charge is -2.02. The smallest absolute Gasteiger partial charge is 0.255 e. The van der Waals surface area contributed by atoms with Gasteiger partial charge in [0.2, 0.25) is 0 Å². The zero-order valence-corrected chi connectivity index (χ0v) is 11.3. The van der Waals surface area contributed by atoms with Gasteiger partial charge in [-0.05, 0) is 36.1 Å². The molecule has 0 saturated carbocycles. The number of aryl methyl sites for hydroxylation is 1. The molecule has 3 heteroatoms. The van der Waals surface area contributed by atoms with E-state index in [0.717, 1.165) is 16.1 Å². The Bertz CT molecular complexity index is 663. The number of carbonyl (C=O) groups is 1. The number of thiophene rings is 1. The Morgan fingerprint density at radius 2 is 1.95 bits per heavy atom. The van der Waals surface area contributed by atoms with E-state index in [4.69, 9.17) is 0 Å². The number of nitrogens with one attached hydrogen (secondary N) is 1. The summed E-state index contributed by atoms with van der Waals surface area (Å²) in [5, 5.41) is 4.91. The Balaban J connectivity index is 1.93. The molecule has 1 amide bonds. The standard InChI is InChI=1S/C16H13NOS/c1-11-4-6-12(7-5-11)15-10-13(16(18)17-15)9-14-3-2-8-19-14/h2-10H,1H3,(H,17,18)/b13-9+. The van der Waals surface area contributed by atoms with E-state index in [0.29, 0.717) is 5.57 Å². The summed E-state index contributed by atoms with van der Waals surface area (Å²) in [7, 11) is 0. The maximum Gasteiger partial charge on any atom is 0.255 e. The summed E-state index contributed by atoms with van der Waals surface area (Å²) in [6.07, 6.45) is 3.83. The summed E-state index contributed by atoms with van der Waals surface area (Å²) in [5.74, 6) is -0.0380. The molecule has 19 heavy (non-hydrogen) atoms. The molecule has 0 saturated heterocycles. The van der Waals surface area contributed by atoms with Crippen LogP contribution in [-0.2, 0) is 4.79 Å². The third-order valence-corrected chi connectivity index (χ3v) is 3.83. The molecule has 1 N–H and O–H groups in total. The highest BCUT2D eigenvalue weighted by Gasteiger charge is 2.18. The quantitative estimate of drug-likeness (QED) is 0.827. The van der Waals surface area contributed by atoms with E-state index >= 15 is 0 Å². The molecular weight excluding hydrogens is 254 g/mol. The molecule has 0 radical (unpaired) electrons. The molecule has 3 rings (SSSR count). The lowest BCUT2D eigenvalue weighted by molar-refractivity contribution is -0.115. The third kappa shape index (κ3) is 2.51. The van der Waals surface area contributed by atoms with Crippen molar-refractivity contribution in [1.82, 2.24) is 5.32 Å². The molecule has 2 heterocycles. The van der Waals surface area contributed by atoms with Gasteiger partial charge in [-0.1, -0.05) is 35.9 Å². The maximum absolute atomic E-state index is 11.9. The maximum atomic E-state index is 11.9. The second-order valence-electron chi connectivity index (χ2n) is 4.49. The fourth-order valence-corrected chi connectivity index (χ4v) is 2.64. The van der Waals surface area contributed by atoms with Crippen LogP contribution >= 0.6 is 11.3 Å². The van der Waals surface area contributed by atoms with Gasteiger partial charge in [0.05, 0.1) is 0 Å². The Morgan fingerprint density at radius 1 is 1.16 bits per heavy atom. The number of hydrogen-bond donors (Lipinski definition) is 1. The zero-order valence-electron chi connectivity index (χ0n) is 10.5. The lowest BCUT2D eigenvalue weighted by atomic mass is 10.1. The monoisotopic (exact) mass is 267 g/mol. The highest BCUT2D eigenvalue weighted by atomic mass is 32.1. The van der Waals surface area contributed by atoms with Gasteiger partial charge in [-0.15, -0.1) is 11.3 Å². The van der Waals surface area contributed by atoms with Gasteiger partial charge < -0.3 is 5.32 Å². The van der Waals surface area contributed by atoms with Gasteiger partial charge >= 0.3 is 0 Å². The van der Waals surface area contributed by atoms with Gasteiger partial charge in [0.1, 0.15) is 0 Å². The Morgan fingerprint density at radius 3 is 2.63 bits per heavy atom. The minimum absolute atomic E-state index is 0.0380. The van der Waals surface area contributed by atoms with Crippen LogP contribution in [0.3, 0.4) is 0 Å². The number of hydrogen-bond acceptors (Lipinski definition) is 2. The molecule has 0 atom stereocenters. The molecule has 0 spiro atoms. The van der Waals surface area contributed by atoms with E-state index in [1.54, 1.807) is 11.3 Å². The van der Waals surface area contributed by atoms with Crippen LogP contribution in [0.2, 0.25) is 0 Å². The first-order valence-electron chi connectivity index (χ1n) is 6.08. The van der Waals surface area contributed by atoms with E-state index in [9.17, 15) is 4.79 Å². The van der Waals surface area contributed by atoms with Crippen LogP contribution in [0.5, 0.6) is 0 Å². The van der Waals surface area contributed by atoms with Crippen molar-refractivity contribution in [2.45, 2.75) is 6.92 Å². The average molecular weight is 267 g/mol. The van der Waals surface area contributed by atoms with Crippen molar-refractivity contribution in [3.8, 4) is 0 Å². The van der Waals surface area contributed by atoms with Crippen LogP contribution in [0.4, 0.5) is 0 Å². The van der Waals surface area contributed by atoms with Crippen molar-refractivity contribution in [2.75, 3.05) is 0 Å². The van der Waals surface area contributed by atoms with E-state index in [2.05, 4.69) is 5.32 Å². The van der Waals surface area contributed by atoms with Crippen LogP contribution in [0.1, 0.15) is 16.0 Å². The first-order valence-corrected chi connectivity index (χ1v) is 6.96. The summed E-state index contributed by atoms with van der Waals surface area (Å²) in [4.78, 5) is 13.0. The van der Waals surface area contributed by atoms with E-state index in [1.807, 2.05) is 60.9 Å². The highest BCUT2D eigenvalue weighted by Crippen LogP contribution is 2.23. The van der Waals surface area contributed by atoms with Crippen LogP contribution in [0.15, 0.2) is 53.4 Å². The van der Waals surface area contributed by atoms with Crippen LogP contribution in [0, 0.1) is 6.92 Å². The SMILES string of the molecule is Cc1ccc(C2=C/C(=C\c3cccs3)C(=O)N2)cc1. The van der Waals surface area contributed by atoms with Gasteiger partial charge in [0.15, 0.2) is 0 Å². The second-order valence-corrected chi connectivity index (χ2v) is 5.47. The molecule has 94 valence electrons. The molecule has 0 unspecified atom stereocenters. The second kappa shape index (κ2) is 4.86. The first-order chi connectivity index (χ1) is 9.22. The van der Waals surface area contributed by atoms with Crippen molar-refractivity contribution in [2.24, 2.45) is 0 Å². The third-order valence-electron chi connectivity index (χ3n) is 3.01. The summed E-state index contributed by atoms with van der Waals surface area (Å²) < 4.78 is 0. The van der Waals surface area contributed by atoms with E-state index in [-0.39, 0.29) is 5.91 Å². The van der Waals surface area contributed by atoms with Crippen molar-refractivity contribution < 1.29 is 4.79 Å². The molecule has 1 aromatic carbocycles. The Labute approximate surface area is 116 Å². The summed E-state index contributed by atoms with van der Waals surface area (Å²) in [6.45, 7) is 2.05. The van der Waals surface area contributed by atoms with Gasteiger partial charge in [0.25, 0.3) is 5.91 Å². The van der Waals surface area contributed by atoms with Crippen LogP contribution in [-0.4, -0.2) is 5.91 Å². The number of carbonyl (C=O) groups excluding carboxylic acids is 1. The van der Waals surface area contributed by atoms with E-state index in [1.165, 1.54) is 5.56 Å². The van der Waals surface area contributed by atoms with E-state index < -0.39 is 0 Å². The lowest BCUT2D eigenvalue weighted by Crippen LogP contribution is -2.15. The molecule has 0 bridgehead atoms. The molecule has 0 aliphatic carbocycles. The van der Waals surface area contributed by atoms with Crippen molar-refractivity contribution in [1.29, 1.82) is 0 Å². The predicted octanol–water partition coefficient (Wildman–Crippen LogP) is 3.61. The normalized spacial score (nSPS) is 16.6. The Kier molecular flexibility index (Phi) is 3.05. The molecule has 1 aromatic heterocycles. The summed E-state index contributed by atoms with van der Waals surface area (Å²) in [5.41, 5.74) is 3.82. The molecule has 0 fully saturated rings. The molecule has 1 aliphatic heterocycles. The fourth-order valence-electron chi connectivity index (χ4n) is 1.97. The molecule has 2 aromatic rings. The number of benzene rings is 1. The minimum atomic E-state index is -0.0380. The summed E-state index contributed by atoms with van der Waals surface area (Å²) in [6, 6.07) is 12.1. The topological polar surface area (TPSA) is 29.1 Å². The number of rotatable bonds is 2. The van der Waals surface area contributed by atoms with Gasteiger partial charge in [-0.2, -0.15) is 0 Å². The molecule has 2 nitrogen and oxygen atoms in total. The first kappa shape index (κ1) is 11.9. The largest absolute Gasteiger partial charge is 0.321 e. The van der Waals surface area contributed by atoms with Gasteiger partial charge in [-0.3, -0.25) is 4.79 Å².